The Hall–Kier alpha value is -2.13. The molecule has 0 bridgehead atoms. The molecule has 1 N–H and O–H groups in total. The molecule has 2 aromatic rings. The van der Waals surface area contributed by atoms with Gasteiger partial charge in [0.25, 0.3) is 0 Å². The van der Waals surface area contributed by atoms with Gasteiger partial charge in [-0.05, 0) is 38.2 Å². The lowest BCUT2D eigenvalue weighted by atomic mass is 9.97. The lowest BCUT2D eigenvalue weighted by Gasteiger charge is -2.08. The summed E-state index contributed by atoms with van der Waals surface area (Å²) < 4.78 is 4.97. The summed E-state index contributed by atoms with van der Waals surface area (Å²) in [5.41, 5.74) is 2.40. The standard InChI is InChI=1S/C17H19N3O2S/c1-11-8-12(20-22-11)9-16(21)19-17-14(10-18)13-6-4-2-3-5-7-15(13)23-17/h8H,2-7,9H2,1H3,(H,19,21). The molecule has 0 aliphatic heterocycles. The molecule has 0 atom stereocenters. The molecule has 0 unspecified atom stereocenters. The zero-order valence-corrected chi connectivity index (χ0v) is 14.0. The number of aromatic nitrogens is 1. The number of nitrogens with zero attached hydrogens (tertiary/aromatic N) is 2. The summed E-state index contributed by atoms with van der Waals surface area (Å²) in [5.74, 6) is 0.522. The highest BCUT2D eigenvalue weighted by molar-refractivity contribution is 7.16. The molecule has 0 saturated carbocycles. The number of fused-ring (bicyclic) bond motifs is 1. The molecule has 0 radical (unpaired) electrons. The molecule has 2 heterocycles. The Bertz CT molecular complexity index is 754. The molecule has 1 amide bonds. The van der Waals surface area contributed by atoms with Crippen molar-refractivity contribution in [3.63, 3.8) is 0 Å². The Morgan fingerprint density at radius 1 is 1.39 bits per heavy atom. The fourth-order valence-corrected chi connectivity index (χ4v) is 4.22. The Kier molecular flexibility index (Phi) is 4.77. The normalized spacial score (nSPS) is 14.4. The van der Waals surface area contributed by atoms with E-state index in [0.717, 1.165) is 31.2 Å². The van der Waals surface area contributed by atoms with Crippen molar-refractivity contribution in [3.8, 4) is 6.07 Å². The third-order valence-corrected chi connectivity index (χ3v) is 5.26. The topological polar surface area (TPSA) is 78.9 Å². The molecule has 0 spiro atoms. The van der Waals surface area contributed by atoms with Crippen LogP contribution in [-0.2, 0) is 24.1 Å². The summed E-state index contributed by atoms with van der Waals surface area (Å²) in [5, 5.41) is 16.9. The first-order valence-corrected chi connectivity index (χ1v) is 8.75. The Morgan fingerprint density at radius 2 is 2.17 bits per heavy atom. The second-order valence-corrected chi connectivity index (χ2v) is 6.99. The maximum Gasteiger partial charge on any atom is 0.231 e. The largest absolute Gasteiger partial charge is 0.361 e. The van der Waals surface area contributed by atoms with Gasteiger partial charge in [0, 0.05) is 10.9 Å². The predicted octanol–water partition coefficient (Wildman–Crippen LogP) is 3.76. The first kappa shape index (κ1) is 15.8. The Morgan fingerprint density at radius 3 is 2.87 bits per heavy atom. The average Bonchev–Trinajstić information content (AvgIpc) is 3.02. The maximum absolute atomic E-state index is 12.2. The molecule has 23 heavy (non-hydrogen) atoms. The minimum atomic E-state index is -0.163. The summed E-state index contributed by atoms with van der Waals surface area (Å²) in [6, 6.07) is 4.04. The second-order valence-electron chi connectivity index (χ2n) is 5.89. The highest BCUT2D eigenvalue weighted by atomic mass is 32.1. The fourth-order valence-electron chi connectivity index (χ4n) is 2.96. The molecule has 5 nitrogen and oxygen atoms in total. The zero-order valence-electron chi connectivity index (χ0n) is 13.1. The molecule has 1 aliphatic rings. The number of carbonyl (C=O) groups is 1. The van der Waals surface area contributed by atoms with E-state index in [1.807, 2.05) is 0 Å². The van der Waals surface area contributed by atoms with E-state index in [-0.39, 0.29) is 12.3 Å². The van der Waals surface area contributed by atoms with Crippen LogP contribution < -0.4 is 5.32 Å². The Labute approximate surface area is 139 Å². The lowest BCUT2D eigenvalue weighted by Crippen LogP contribution is -2.14. The number of hydrogen-bond acceptors (Lipinski definition) is 5. The van der Waals surface area contributed by atoms with Crippen LogP contribution in [0.2, 0.25) is 0 Å². The van der Waals surface area contributed by atoms with Crippen molar-refractivity contribution in [2.24, 2.45) is 0 Å². The van der Waals surface area contributed by atoms with E-state index in [0.29, 0.717) is 22.0 Å². The smallest absolute Gasteiger partial charge is 0.231 e. The van der Waals surface area contributed by atoms with E-state index in [2.05, 4.69) is 16.5 Å². The monoisotopic (exact) mass is 329 g/mol. The van der Waals surface area contributed by atoms with E-state index in [1.165, 1.54) is 17.7 Å². The predicted molar refractivity (Wildman–Crippen MR) is 88.5 cm³/mol. The molecule has 0 fully saturated rings. The van der Waals surface area contributed by atoms with Gasteiger partial charge in [0.05, 0.1) is 17.7 Å². The van der Waals surface area contributed by atoms with Crippen LogP contribution in [0.5, 0.6) is 0 Å². The van der Waals surface area contributed by atoms with Gasteiger partial charge in [0.15, 0.2) is 0 Å². The minimum absolute atomic E-state index is 0.158. The van der Waals surface area contributed by atoms with Crippen LogP contribution in [0.25, 0.3) is 0 Å². The van der Waals surface area contributed by atoms with Gasteiger partial charge in [0.1, 0.15) is 16.8 Å². The Balaban J connectivity index is 1.78. The van der Waals surface area contributed by atoms with Crippen molar-refractivity contribution in [2.75, 3.05) is 5.32 Å². The highest BCUT2D eigenvalue weighted by Gasteiger charge is 2.20. The third-order valence-electron chi connectivity index (χ3n) is 4.05. The average molecular weight is 329 g/mol. The van der Waals surface area contributed by atoms with Crippen LogP contribution >= 0.6 is 11.3 Å². The number of nitriles is 1. The van der Waals surface area contributed by atoms with Gasteiger partial charge >= 0.3 is 0 Å². The molecule has 0 saturated heterocycles. The molecule has 3 rings (SSSR count). The summed E-state index contributed by atoms with van der Waals surface area (Å²) in [4.78, 5) is 13.5. The van der Waals surface area contributed by atoms with Gasteiger partial charge in [-0.15, -0.1) is 11.3 Å². The van der Waals surface area contributed by atoms with Gasteiger partial charge in [-0.3, -0.25) is 4.79 Å². The number of hydrogen-bond donors (Lipinski definition) is 1. The first-order chi connectivity index (χ1) is 11.2. The van der Waals surface area contributed by atoms with Gasteiger partial charge < -0.3 is 9.84 Å². The van der Waals surface area contributed by atoms with Crippen LogP contribution in [0.1, 0.15) is 53.1 Å². The van der Waals surface area contributed by atoms with Crippen LogP contribution in [0.4, 0.5) is 5.00 Å². The van der Waals surface area contributed by atoms with Gasteiger partial charge in [-0.25, -0.2) is 0 Å². The lowest BCUT2D eigenvalue weighted by molar-refractivity contribution is -0.115. The fraction of sp³-hybridized carbons (Fsp3) is 0.471. The van der Waals surface area contributed by atoms with Crippen LogP contribution in [0.15, 0.2) is 10.6 Å². The maximum atomic E-state index is 12.2. The molecule has 120 valence electrons. The third kappa shape index (κ3) is 3.62. The van der Waals surface area contributed by atoms with E-state index >= 15 is 0 Å². The van der Waals surface area contributed by atoms with Crippen LogP contribution in [0.3, 0.4) is 0 Å². The molecule has 6 heteroatoms. The quantitative estimate of drug-likeness (QED) is 0.930. The summed E-state index contributed by atoms with van der Waals surface area (Å²) >= 11 is 1.55. The van der Waals surface area contributed by atoms with E-state index < -0.39 is 0 Å². The molecular formula is C17H19N3O2S. The SMILES string of the molecule is Cc1cc(CC(=O)Nc2sc3c(c2C#N)CCCCCC3)no1. The van der Waals surface area contributed by atoms with Gasteiger partial charge in [-0.2, -0.15) is 5.26 Å². The molecule has 2 aromatic heterocycles. The van der Waals surface area contributed by atoms with Crippen molar-refractivity contribution in [3.05, 3.63) is 33.5 Å². The van der Waals surface area contributed by atoms with E-state index in [4.69, 9.17) is 4.52 Å². The summed E-state index contributed by atoms with van der Waals surface area (Å²) in [7, 11) is 0. The highest BCUT2D eigenvalue weighted by Crippen LogP contribution is 2.36. The van der Waals surface area contributed by atoms with Crippen LogP contribution in [0, 0.1) is 18.3 Å². The van der Waals surface area contributed by atoms with Gasteiger partial charge in [-0.1, -0.05) is 18.0 Å². The van der Waals surface area contributed by atoms with Crippen molar-refractivity contribution >= 4 is 22.2 Å². The number of carbonyl (C=O) groups excluding carboxylic acids is 1. The van der Waals surface area contributed by atoms with Crippen LogP contribution in [-0.4, -0.2) is 11.1 Å². The number of amides is 1. The number of anilines is 1. The number of rotatable bonds is 3. The minimum Gasteiger partial charge on any atom is -0.361 e. The second kappa shape index (κ2) is 6.97. The molecular weight excluding hydrogens is 310 g/mol. The summed E-state index contributed by atoms with van der Waals surface area (Å²) in [6.07, 6.45) is 6.83. The molecule has 0 aromatic carbocycles. The number of thiophene rings is 1. The number of nitrogens with one attached hydrogen (secondary N) is 1. The van der Waals surface area contributed by atoms with Crippen molar-refractivity contribution in [1.29, 1.82) is 5.26 Å². The summed E-state index contributed by atoms with van der Waals surface area (Å²) in [6.45, 7) is 1.79. The zero-order chi connectivity index (χ0) is 16.2. The number of aryl methyl sites for hydroxylation is 2. The van der Waals surface area contributed by atoms with E-state index in [1.54, 1.807) is 24.3 Å². The van der Waals surface area contributed by atoms with Crippen molar-refractivity contribution < 1.29 is 9.32 Å². The first-order valence-electron chi connectivity index (χ1n) is 7.94. The van der Waals surface area contributed by atoms with Crippen molar-refractivity contribution in [1.82, 2.24) is 5.16 Å². The van der Waals surface area contributed by atoms with Gasteiger partial charge in [0.2, 0.25) is 5.91 Å². The van der Waals surface area contributed by atoms with Crippen molar-refractivity contribution in [2.45, 2.75) is 51.9 Å². The molecule has 1 aliphatic carbocycles. The van der Waals surface area contributed by atoms with E-state index in [9.17, 15) is 10.1 Å².